The summed E-state index contributed by atoms with van der Waals surface area (Å²) < 4.78 is 5.34. The molecular weight excluding hydrogens is 285 g/mol. The molecule has 0 aliphatic rings. The number of ether oxygens (including phenoxy) is 1. The highest BCUT2D eigenvalue weighted by Crippen LogP contribution is 2.26. The van der Waals surface area contributed by atoms with Crippen molar-refractivity contribution in [2.45, 2.75) is 12.8 Å². The van der Waals surface area contributed by atoms with Gasteiger partial charge in [0, 0.05) is 24.2 Å². The largest absolute Gasteiger partial charge is 0.496 e. The van der Waals surface area contributed by atoms with Gasteiger partial charge in [-0.25, -0.2) is 9.97 Å². The smallest absolute Gasteiger partial charge is 0.145 e. The molecule has 2 rings (SSSR count). The fraction of sp³-hybridized carbons (Fsp3) is 0.385. The number of alkyl halides is 2. The van der Waals surface area contributed by atoms with Crippen LogP contribution in [-0.2, 0) is 12.8 Å². The summed E-state index contributed by atoms with van der Waals surface area (Å²) in [6.07, 6.45) is 1.32. The molecule has 0 amide bonds. The Kier molecular flexibility index (Phi) is 4.66. The fourth-order valence-electron chi connectivity index (χ4n) is 1.94. The highest BCUT2D eigenvalue weighted by atomic mass is 35.5. The quantitative estimate of drug-likeness (QED) is 0.863. The van der Waals surface area contributed by atoms with E-state index in [1.54, 1.807) is 7.11 Å². The van der Waals surface area contributed by atoms with Gasteiger partial charge in [0.25, 0.3) is 0 Å². The van der Waals surface area contributed by atoms with E-state index in [2.05, 4.69) is 9.97 Å². The summed E-state index contributed by atoms with van der Waals surface area (Å²) in [6, 6.07) is 3.78. The number of hydrogen-bond acceptors (Lipinski definition) is 4. The number of fused-ring (bicyclic) bond motifs is 1. The van der Waals surface area contributed by atoms with Crippen LogP contribution in [0.15, 0.2) is 12.1 Å². The van der Waals surface area contributed by atoms with Crippen LogP contribution in [0.25, 0.3) is 11.0 Å². The van der Waals surface area contributed by atoms with E-state index in [0.29, 0.717) is 29.5 Å². The molecule has 0 unspecified atom stereocenters. The molecule has 2 N–H and O–H groups in total. The monoisotopic (exact) mass is 299 g/mol. The van der Waals surface area contributed by atoms with E-state index in [1.807, 2.05) is 12.1 Å². The van der Waals surface area contributed by atoms with E-state index in [0.717, 1.165) is 28.9 Å². The van der Waals surface area contributed by atoms with E-state index < -0.39 is 0 Å². The first-order chi connectivity index (χ1) is 9.19. The molecule has 1 aromatic heterocycles. The van der Waals surface area contributed by atoms with Gasteiger partial charge in [-0.1, -0.05) is 0 Å². The predicted octanol–water partition coefficient (Wildman–Crippen LogP) is 2.78. The molecule has 0 radical (unpaired) electrons. The third-order valence-electron chi connectivity index (χ3n) is 2.86. The van der Waals surface area contributed by atoms with Crippen LogP contribution in [0.2, 0.25) is 0 Å². The minimum Gasteiger partial charge on any atom is -0.496 e. The summed E-state index contributed by atoms with van der Waals surface area (Å²) in [6.45, 7) is 0. The SMILES string of the molecule is COc1cc2nc(N)c(CCCl)nc2cc1CCCl. The first kappa shape index (κ1) is 14.2. The number of aryl methyl sites for hydroxylation is 2. The van der Waals surface area contributed by atoms with Gasteiger partial charge in [-0.2, -0.15) is 0 Å². The number of benzene rings is 1. The van der Waals surface area contributed by atoms with Crippen molar-refractivity contribution in [3.63, 3.8) is 0 Å². The molecule has 0 saturated carbocycles. The minimum absolute atomic E-state index is 0.417. The summed E-state index contributed by atoms with van der Waals surface area (Å²) in [4.78, 5) is 8.86. The molecule has 2 aromatic rings. The lowest BCUT2D eigenvalue weighted by molar-refractivity contribution is 0.411. The van der Waals surface area contributed by atoms with Gasteiger partial charge in [0.05, 0.1) is 23.8 Å². The average molecular weight is 300 g/mol. The number of halogens is 2. The maximum Gasteiger partial charge on any atom is 0.145 e. The van der Waals surface area contributed by atoms with Crippen molar-refractivity contribution >= 4 is 40.1 Å². The number of rotatable bonds is 5. The van der Waals surface area contributed by atoms with Gasteiger partial charge in [-0.15, -0.1) is 23.2 Å². The van der Waals surface area contributed by atoms with E-state index in [1.165, 1.54) is 0 Å². The van der Waals surface area contributed by atoms with Crippen LogP contribution >= 0.6 is 23.2 Å². The second kappa shape index (κ2) is 6.26. The van der Waals surface area contributed by atoms with Gasteiger partial charge in [0.15, 0.2) is 0 Å². The van der Waals surface area contributed by atoms with Crippen molar-refractivity contribution < 1.29 is 4.74 Å². The Balaban J connectivity index is 2.57. The van der Waals surface area contributed by atoms with Crippen molar-refractivity contribution in [1.29, 1.82) is 0 Å². The minimum atomic E-state index is 0.417. The van der Waals surface area contributed by atoms with Crippen LogP contribution in [0.1, 0.15) is 11.3 Å². The zero-order chi connectivity index (χ0) is 13.8. The molecule has 4 nitrogen and oxygen atoms in total. The Bertz CT molecular complexity index is 590. The molecule has 19 heavy (non-hydrogen) atoms. The number of hydrogen-bond donors (Lipinski definition) is 1. The molecule has 1 heterocycles. The average Bonchev–Trinajstić information content (AvgIpc) is 2.40. The molecule has 0 spiro atoms. The molecule has 0 aliphatic carbocycles. The molecule has 0 aliphatic heterocycles. The van der Waals surface area contributed by atoms with Gasteiger partial charge < -0.3 is 10.5 Å². The molecule has 102 valence electrons. The number of nitrogen functional groups attached to an aromatic ring is 1. The lowest BCUT2D eigenvalue weighted by atomic mass is 10.1. The topological polar surface area (TPSA) is 61.0 Å². The second-order valence-corrected chi connectivity index (χ2v) is 4.84. The van der Waals surface area contributed by atoms with Gasteiger partial charge in [0.1, 0.15) is 11.6 Å². The zero-order valence-electron chi connectivity index (χ0n) is 10.6. The normalized spacial score (nSPS) is 10.9. The van der Waals surface area contributed by atoms with Crippen LogP contribution < -0.4 is 10.5 Å². The highest BCUT2D eigenvalue weighted by molar-refractivity contribution is 6.18. The van der Waals surface area contributed by atoms with Crippen molar-refractivity contribution in [3.05, 3.63) is 23.4 Å². The number of nitrogens with zero attached hydrogens (tertiary/aromatic N) is 2. The Morgan fingerprint density at radius 1 is 1.11 bits per heavy atom. The highest BCUT2D eigenvalue weighted by Gasteiger charge is 2.10. The summed E-state index contributed by atoms with van der Waals surface area (Å²) in [7, 11) is 1.62. The van der Waals surface area contributed by atoms with E-state index >= 15 is 0 Å². The first-order valence-electron chi connectivity index (χ1n) is 5.94. The molecular formula is C13H15Cl2N3O. The van der Waals surface area contributed by atoms with Crippen molar-refractivity contribution in [3.8, 4) is 5.75 Å². The van der Waals surface area contributed by atoms with E-state index in [9.17, 15) is 0 Å². The second-order valence-electron chi connectivity index (χ2n) is 4.09. The summed E-state index contributed by atoms with van der Waals surface area (Å²) >= 11 is 11.5. The van der Waals surface area contributed by atoms with Crippen molar-refractivity contribution in [2.24, 2.45) is 0 Å². The molecule has 0 bridgehead atoms. The Morgan fingerprint density at radius 2 is 1.79 bits per heavy atom. The molecule has 0 atom stereocenters. The number of methoxy groups -OCH3 is 1. The molecule has 1 aromatic carbocycles. The number of aromatic nitrogens is 2. The molecule has 0 fully saturated rings. The summed E-state index contributed by atoms with van der Waals surface area (Å²) in [5.74, 6) is 2.17. The molecule has 0 saturated heterocycles. The standard InChI is InChI=1S/C13H15Cl2N3O/c1-19-12-7-11-10(6-8(12)2-4-14)17-9(3-5-15)13(16)18-11/h6-7H,2-5H2,1H3,(H2,16,18). The summed E-state index contributed by atoms with van der Waals surface area (Å²) in [5, 5.41) is 0. The number of nitrogens with two attached hydrogens (primary N) is 1. The maximum absolute atomic E-state index is 5.87. The predicted molar refractivity (Wildman–Crippen MR) is 79.4 cm³/mol. The first-order valence-corrected chi connectivity index (χ1v) is 7.01. The lowest BCUT2D eigenvalue weighted by Gasteiger charge is -2.10. The fourth-order valence-corrected chi connectivity index (χ4v) is 2.32. The Hall–Kier alpha value is -1.26. The van der Waals surface area contributed by atoms with Gasteiger partial charge in [-0.3, -0.25) is 0 Å². The van der Waals surface area contributed by atoms with Gasteiger partial charge >= 0.3 is 0 Å². The van der Waals surface area contributed by atoms with Gasteiger partial charge in [-0.05, 0) is 18.1 Å². The van der Waals surface area contributed by atoms with Crippen molar-refractivity contribution in [1.82, 2.24) is 9.97 Å². The van der Waals surface area contributed by atoms with Crippen LogP contribution in [0.4, 0.5) is 5.82 Å². The van der Waals surface area contributed by atoms with E-state index in [-0.39, 0.29) is 0 Å². The van der Waals surface area contributed by atoms with Gasteiger partial charge in [0.2, 0.25) is 0 Å². The zero-order valence-corrected chi connectivity index (χ0v) is 12.1. The Labute approximate surface area is 121 Å². The van der Waals surface area contributed by atoms with Crippen LogP contribution in [0, 0.1) is 0 Å². The van der Waals surface area contributed by atoms with E-state index in [4.69, 9.17) is 33.7 Å². The molecule has 6 heteroatoms. The lowest BCUT2D eigenvalue weighted by Crippen LogP contribution is -2.04. The third kappa shape index (κ3) is 3.01. The third-order valence-corrected chi connectivity index (χ3v) is 3.24. The van der Waals surface area contributed by atoms with Crippen LogP contribution in [0.5, 0.6) is 5.75 Å². The Morgan fingerprint density at radius 3 is 2.42 bits per heavy atom. The van der Waals surface area contributed by atoms with Crippen LogP contribution in [0.3, 0.4) is 0 Å². The maximum atomic E-state index is 5.87. The summed E-state index contributed by atoms with van der Waals surface area (Å²) in [5.41, 5.74) is 9.11. The van der Waals surface area contributed by atoms with Crippen LogP contribution in [-0.4, -0.2) is 28.8 Å². The number of anilines is 1. The van der Waals surface area contributed by atoms with Crippen molar-refractivity contribution in [2.75, 3.05) is 24.6 Å².